The molecule has 0 atom stereocenters. The van der Waals surface area contributed by atoms with Gasteiger partial charge < -0.3 is 5.32 Å². The van der Waals surface area contributed by atoms with Crippen molar-refractivity contribution in [2.75, 3.05) is 5.32 Å². The highest BCUT2D eigenvalue weighted by Crippen LogP contribution is 2.30. The normalized spacial score (nSPS) is 23.4. The van der Waals surface area contributed by atoms with Crippen molar-refractivity contribution in [3.8, 4) is 0 Å². The fourth-order valence-corrected chi connectivity index (χ4v) is 2.98. The molecule has 0 bridgehead atoms. The van der Waals surface area contributed by atoms with Gasteiger partial charge in [0.25, 0.3) is 0 Å². The standard InChI is InChI=1S/C16H23F2N/c1-3-4-12-5-7-13(8-6-12)19-16-10-14(17)11(2)9-15(16)18/h9-10,12-13,19H,3-8H2,1-2H3. The van der Waals surface area contributed by atoms with Crippen molar-refractivity contribution >= 4 is 5.69 Å². The summed E-state index contributed by atoms with van der Waals surface area (Å²) in [6, 6.07) is 2.83. The third-order valence-corrected chi connectivity index (χ3v) is 4.15. The highest BCUT2D eigenvalue weighted by molar-refractivity contribution is 5.47. The molecule has 1 aromatic rings. The van der Waals surface area contributed by atoms with Gasteiger partial charge in [-0.1, -0.05) is 19.8 Å². The van der Waals surface area contributed by atoms with Gasteiger partial charge in [0.05, 0.1) is 5.69 Å². The van der Waals surface area contributed by atoms with Gasteiger partial charge in [-0.25, -0.2) is 8.78 Å². The van der Waals surface area contributed by atoms with Crippen LogP contribution in [0.2, 0.25) is 0 Å². The monoisotopic (exact) mass is 267 g/mol. The second kappa shape index (κ2) is 6.36. The van der Waals surface area contributed by atoms with Gasteiger partial charge in [0.15, 0.2) is 0 Å². The first-order chi connectivity index (χ1) is 9.10. The fraction of sp³-hybridized carbons (Fsp3) is 0.625. The molecule has 0 saturated heterocycles. The number of anilines is 1. The van der Waals surface area contributed by atoms with Crippen molar-refractivity contribution in [1.82, 2.24) is 0 Å². The first kappa shape index (κ1) is 14.3. The van der Waals surface area contributed by atoms with E-state index in [1.165, 1.54) is 37.8 Å². The average Bonchev–Trinajstić information content (AvgIpc) is 2.38. The van der Waals surface area contributed by atoms with E-state index in [4.69, 9.17) is 0 Å². The summed E-state index contributed by atoms with van der Waals surface area (Å²) < 4.78 is 27.2. The van der Waals surface area contributed by atoms with Crippen molar-refractivity contribution in [3.05, 3.63) is 29.3 Å². The summed E-state index contributed by atoms with van der Waals surface area (Å²) in [6.07, 6.45) is 7.03. The summed E-state index contributed by atoms with van der Waals surface area (Å²) in [7, 11) is 0. The molecule has 0 aromatic heterocycles. The summed E-state index contributed by atoms with van der Waals surface area (Å²) in [6.45, 7) is 3.80. The van der Waals surface area contributed by atoms with Crippen molar-refractivity contribution in [2.45, 2.75) is 58.4 Å². The molecule has 1 saturated carbocycles. The topological polar surface area (TPSA) is 12.0 Å². The largest absolute Gasteiger partial charge is 0.380 e. The van der Waals surface area contributed by atoms with Gasteiger partial charge in [-0.2, -0.15) is 0 Å². The van der Waals surface area contributed by atoms with Crippen LogP contribution in [0.25, 0.3) is 0 Å². The molecule has 3 heteroatoms. The second-order valence-electron chi connectivity index (χ2n) is 5.73. The molecule has 1 nitrogen and oxygen atoms in total. The Labute approximate surface area is 114 Å². The molecule has 19 heavy (non-hydrogen) atoms. The summed E-state index contributed by atoms with van der Waals surface area (Å²) >= 11 is 0. The van der Waals surface area contributed by atoms with Crippen LogP contribution in [0, 0.1) is 24.5 Å². The van der Waals surface area contributed by atoms with E-state index in [-0.39, 0.29) is 17.7 Å². The molecule has 0 aliphatic heterocycles. The van der Waals surface area contributed by atoms with Crippen molar-refractivity contribution in [3.63, 3.8) is 0 Å². The van der Waals surface area contributed by atoms with Crippen LogP contribution < -0.4 is 5.32 Å². The number of aryl methyl sites for hydroxylation is 1. The Bertz CT molecular complexity index is 423. The number of hydrogen-bond donors (Lipinski definition) is 1. The lowest BCUT2D eigenvalue weighted by atomic mass is 9.83. The van der Waals surface area contributed by atoms with E-state index < -0.39 is 0 Å². The molecular weight excluding hydrogens is 244 g/mol. The quantitative estimate of drug-likeness (QED) is 0.805. The van der Waals surface area contributed by atoms with E-state index in [0.717, 1.165) is 18.8 Å². The maximum atomic E-state index is 13.8. The van der Waals surface area contributed by atoms with Crippen molar-refractivity contribution in [2.24, 2.45) is 5.92 Å². The highest BCUT2D eigenvalue weighted by atomic mass is 19.1. The minimum atomic E-state index is -0.352. The number of benzene rings is 1. The third kappa shape index (κ3) is 3.68. The molecule has 2 rings (SSSR count). The van der Waals surface area contributed by atoms with Crippen LogP contribution in [-0.2, 0) is 0 Å². The Morgan fingerprint density at radius 1 is 1.11 bits per heavy atom. The van der Waals surface area contributed by atoms with Crippen LogP contribution in [0.3, 0.4) is 0 Å². The maximum absolute atomic E-state index is 13.8. The highest BCUT2D eigenvalue weighted by Gasteiger charge is 2.21. The van der Waals surface area contributed by atoms with E-state index in [1.807, 2.05) is 0 Å². The molecule has 1 N–H and O–H groups in total. The molecule has 0 unspecified atom stereocenters. The lowest BCUT2D eigenvalue weighted by Gasteiger charge is -2.29. The first-order valence-corrected chi connectivity index (χ1v) is 7.32. The van der Waals surface area contributed by atoms with Gasteiger partial charge in [-0.05, 0) is 50.2 Å². The van der Waals surface area contributed by atoms with Crippen LogP contribution in [0.15, 0.2) is 12.1 Å². The van der Waals surface area contributed by atoms with Crippen LogP contribution in [0.1, 0.15) is 51.0 Å². The van der Waals surface area contributed by atoms with Crippen LogP contribution in [-0.4, -0.2) is 6.04 Å². The van der Waals surface area contributed by atoms with Crippen LogP contribution in [0.4, 0.5) is 14.5 Å². The van der Waals surface area contributed by atoms with E-state index >= 15 is 0 Å². The van der Waals surface area contributed by atoms with E-state index in [2.05, 4.69) is 12.2 Å². The second-order valence-corrected chi connectivity index (χ2v) is 5.73. The average molecular weight is 267 g/mol. The molecule has 0 heterocycles. The summed E-state index contributed by atoms with van der Waals surface area (Å²) in [5.41, 5.74) is 0.664. The smallest absolute Gasteiger partial charge is 0.146 e. The van der Waals surface area contributed by atoms with Crippen LogP contribution >= 0.6 is 0 Å². The zero-order chi connectivity index (χ0) is 13.8. The predicted molar refractivity (Wildman–Crippen MR) is 75.4 cm³/mol. The van der Waals surface area contributed by atoms with Gasteiger partial charge in [0, 0.05) is 12.1 Å². The summed E-state index contributed by atoms with van der Waals surface area (Å²) in [5, 5.41) is 3.16. The minimum absolute atomic E-state index is 0.282. The minimum Gasteiger partial charge on any atom is -0.380 e. The Kier molecular flexibility index (Phi) is 4.78. The van der Waals surface area contributed by atoms with E-state index in [1.54, 1.807) is 6.92 Å². The molecule has 1 aliphatic rings. The Morgan fingerprint density at radius 3 is 2.42 bits per heavy atom. The molecule has 0 spiro atoms. The molecule has 0 radical (unpaired) electrons. The van der Waals surface area contributed by atoms with Gasteiger partial charge in [-0.3, -0.25) is 0 Å². The van der Waals surface area contributed by atoms with Gasteiger partial charge in [-0.15, -0.1) is 0 Å². The van der Waals surface area contributed by atoms with Crippen molar-refractivity contribution < 1.29 is 8.78 Å². The predicted octanol–water partition coefficient (Wildman–Crippen LogP) is 5.04. The number of halogens is 2. The zero-order valence-corrected chi connectivity index (χ0v) is 11.8. The third-order valence-electron chi connectivity index (χ3n) is 4.15. The van der Waals surface area contributed by atoms with Gasteiger partial charge in [0.1, 0.15) is 11.6 Å². The van der Waals surface area contributed by atoms with E-state index in [0.29, 0.717) is 11.3 Å². The SMILES string of the molecule is CCCC1CCC(Nc2cc(F)c(C)cc2F)CC1. The first-order valence-electron chi connectivity index (χ1n) is 7.32. The molecular formula is C16H23F2N. The maximum Gasteiger partial charge on any atom is 0.146 e. The Hall–Kier alpha value is -1.12. The summed E-state index contributed by atoms with van der Waals surface area (Å²) in [5.74, 6) is 0.126. The number of nitrogens with one attached hydrogen (secondary N) is 1. The zero-order valence-electron chi connectivity index (χ0n) is 11.8. The van der Waals surface area contributed by atoms with Crippen molar-refractivity contribution in [1.29, 1.82) is 0 Å². The Balaban J connectivity index is 1.94. The molecule has 1 aliphatic carbocycles. The molecule has 1 fully saturated rings. The lowest BCUT2D eigenvalue weighted by molar-refractivity contribution is 0.318. The van der Waals surface area contributed by atoms with Gasteiger partial charge in [0.2, 0.25) is 0 Å². The summed E-state index contributed by atoms with van der Waals surface area (Å²) in [4.78, 5) is 0. The number of rotatable bonds is 4. The number of hydrogen-bond acceptors (Lipinski definition) is 1. The van der Waals surface area contributed by atoms with E-state index in [9.17, 15) is 8.78 Å². The molecule has 0 amide bonds. The lowest BCUT2D eigenvalue weighted by Crippen LogP contribution is -2.26. The van der Waals surface area contributed by atoms with Gasteiger partial charge >= 0.3 is 0 Å². The Morgan fingerprint density at radius 2 is 1.79 bits per heavy atom. The molecule has 106 valence electrons. The van der Waals surface area contributed by atoms with Crippen LogP contribution in [0.5, 0.6) is 0 Å². The fourth-order valence-electron chi connectivity index (χ4n) is 2.98. The molecule has 1 aromatic carbocycles.